The van der Waals surface area contributed by atoms with Gasteiger partial charge in [-0.2, -0.15) is 0 Å². The fourth-order valence-corrected chi connectivity index (χ4v) is 3.88. The van der Waals surface area contributed by atoms with Gasteiger partial charge in [0.15, 0.2) is 4.34 Å². The highest BCUT2D eigenvalue weighted by atomic mass is 32.2. The van der Waals surface area contributed by atoms with Crippen molar-refractivity contribution in [1.82, 2.24) is 20.5 Å². The lowest BCUT2D eigenvalue weighted by atomic mass is 9.95. The zero-order valence-electron chi connectivity index (χ0n) is 12.3. The summed E-state index contributed by atoms with van der Waals surface area (Å²) >= 11 is 2.62. The highest BCUT2D eigenvalue weighted by Crippen LogP contribution is 2.24. The van der Waals surface area contributed by atoms with Gasteiger partial charge in [0, 0.05) is 18.3 Å². The average molecular weight is 351 g/mol. The van der Waals surface area contributed by atoms with Crippen molar-refractivity contribution in [3.8, 4) is 0 Å². The third kappa shape index (κ3) is 4.63. The molecule has 9 heteroatoms. The van der Waals surface area contributed by atoms with Crippen molar-refractivity contribution in [3.63, 3.8) is 0 Å². The van der Waals surface area contributed by atoms with Gasteiger partial charge in [-0.15, -0.1) is 10.2 Å². The summed E-state index contributed by atoms with van der Waals surface area (Å²) in [7, 11) is 0. The Hall–Kier alpha value is -1.71. The van der Waals surface area contributed by atoms with Crippen LogP contribution < -0.4 is 11.1 Å². The first-order chi connectivity index (χ1) is 11.2. The van der Waals surface area contributed by atoms with Crippen LogP contribution in [0.3, 0.4) is 0 Å². The van der Waals surface area contributed by atoms with Gasteiger partial charge in [0.1, 0.15) is 0 Å². The average Bonchev–Trinajstić information content (AvgIpc) is 3.16. The van der Waals surface area contributed by atoms with E-state index < -0.39 is 0 Å². The molecule has 3 heterocycles. The number of aromatic nitrogens is 3. The molecule has 122 valence electrons. The molecule has 1 saturated heterocycles. The Balaban J connectivity index is 1.48. The quantitative estimate of drug-likeness (QED) is 0.748. The summed E-state index contributed by atoms with van der Waals surface area (Å²) in [5.41, 5.74) is 6.72. The first-order valence-electron chi connectivity index (χ1n) is 7.18. The van der Waals surface area contributed by atoms with Gasteiger partial charge in [0.05, 0.1) is 25.0 Å². The molecule has 0 radical (unpaired) electrons. The van der Waals surface area contributed by atoms with Crippen LogP contribution in [0.2, 0.25) is 0 Å². The van der Waals surface area contributed by atoms with E-state index in [1.54, 1.807) is 12.4 Å². The van der Waals surface area contributed by atoms with Crippen molar-refractivity contribution >= 4 is 34.1 Å². The van der Waals surface area contributed by atoms with Crippen LogP contribution in [0, 0.1) is 5.92 Å². The number of rotatable bonds is 6. The molecule has 1 fully saturated rings. The number of ether oxygens (including phenoxy) is 1. The molecule has 1 aliphatic heterocycles. The predicted octanol–water partition coefficient (Wildman–Crippen LogP) is 0.981. The van der Waals surface area contributed by atoms with Crippen LogP contribution in [0.15, 0.2) is 28.9 Å². The van der Waals surface area contributed by atoms with E-state index >= 15 is 0 Å². The summed E-state index contributed by atoms with van der Waals surface area (Å²) < 4.78 is 6.24. The van der Waals surface area contributed by atoms with Crippen molar-refractivity contribution in [2.24, 2.45) is 5.92 Å². The minimum absolute atomic E-state index is 0.0287. The maximum atomic E-state index is 12.1. The number of hydrogen-bond acceptors (Lipinski definition) is 8. The van der Waals surface area contributed by atoms with Crippen LogP contribution in [-0.4, -0.2) is 46.1 Å². The maximum Gasteiger partial charge on any atom is 0.230 e. The number of pyridine rings is 1. The van der Waals surface area contributed by atoms with Crippen LogP contribution in [0.25, 0.3) is 0 Å². The number of hydrogen-bond donors (Lipinski definition) is 2. The van der Waals surface area contributed by atoms with Crippen LogP contribution in [0.5, 0.6) is 0 Å². The fourth-order valence-electron chi connectivity index (χ4n) is 2.44. The number of amides is 1. The molecule has 2 aromatic rings. The monoisotopic (exact) mass is 351 g/mol. The number of thioether (sulfide) groups is 1. The van der Waals surface area contributed by atoms with Gasteiger partial charge in [0.2, 0.25) is 11.0 Å². The van der Waals surface area contributed by atoms with E-state index in [1.165, 1.54) is 28.7 Å². The standard InChI is InChI=1S/C14H17N5O2S2/c15-13-18-19-14(23-13)22-8-12(20)17-11-7-21-6-10(11)5-9-1-3-16-4-2-9/h1-4,10-11H,5-8H2,(H2,15,18)(H,17,20)/t10-,11-/m1/s1. The summed E-state index contributed by atoms with van der Waals surface area (Å²) in [5, 5.41) is 11.1. The lowest BCUT2D eigenvalue weighted by molar-refractivity contribution is -0.119. The second kappa shape index (κ2) is 7.71. The molecular weight excluding hydrogens is 334 g/mol. The molecule has 0 unspecified atom stereocenters. The van der Waals surface area contributed by atoms with Gasteiger partial charge >= 0.3 is 0 Å². The molecule has 2 atom stereocenters. The number of nitrogen functional groups attached to an aromatic ring is 1. The molecule has 1 amide bonds. The highest BCUT2D eigenvalue weighted by molar-refractivity contribution is 8.01. The van der Waals surface area contributed by atoms with Crippen LogP contribution in [0.1, 0.15) is 5.56 Å². The molecule has 0 aromatic carbocycles. The van der Waals surface area contributed by atoms with Crippen molar-refractivity contribution in [2.45, 2.75) is 16.8 Å². The first-order valence-corrected chi connectivity index (χ1v) is 8.98. The molecule has 2 aromatic heterocycles. The van der Waals surface area contributed by atoms with Crippen LogP contribution in [-0.2, 0) is 16.0 Å². The first kappa shape index (κ1) is 16.2. The number of nitrogens with zero attached hydrogens (tertiary/aromatic N) is 3. The van der Waals surface area contributed by atoms with E-state index in [4.69, 9.17) is 10.5 Å². The van der Waals surface area contributed by atoms with Gasteiger partial charge in [-0.25, -0.2) is 0 Å². The molecule has 23 heavy (non-hydrogen) atoms. The Morgan fingerprint density at radius 2 is 2.22 bits per heavy atom. The lowest BCUT2D eigenvalue weighted by Gasteiger charge is -2.18. The Bertz CT molecular complexity index is 652. The van der Waals surface area contributed by atoms with E-state index in [0.29, 0.717) is 28.4 Å². The molecule has 7 nitrogen and oxygen atoms in total. The Kier molecular flexibility index (Phi) is 5.42. The number of carbonyl (C=O) groups excluding carboxylic acids is 1. The van der Waals surface area contributed by atoms with Gasteiger partial charge in [-0.1, -0.05) is 23.1 Å². The van der Waals surface area contributed by atoms with E-state index in [2.05, 4.69) is 20.5 Å². The summed E-state index contributed by atoms with van der Waals surface area (Å²) in [6.07, 6.45) is 4.43. The molecule has 0 aliphatic carbocycles. The number of nitrogens with two attached hydrogens (primary N) is 1. The SMILES string of the molecule is Nc1nnc(SCC(=O)N[C@@H]2COC[C@H]2Cc2ccncc2)s1. The summed E-state index contributed by atoms with van der Waals surface area (Å²) in [4.78, 5) is 16.1. The zero-order valence-corrected chi connectivity index (χ0v) is 14.0. The zero-order chi connectivity index (χ0) is 16.1. The number of carbonyl (C=O) groups is 1. The third-order valence-electron chi connectivity index (χ3n) is 3.54. The van der Waals surface area contributed by atoms with Crippen LogP contribution in [0.4, 0.5) is 5.13 Å². The summed E-state index contributed by atoms with van der Waals surface area (Å²) in [6.45, 7) is 1.21. The molecule has 0 saturated carbocycles. The van der Waals surface area contributed by atoms with E-state index in [9.17, 15) is 4.79 Å². The molecule has 1 aliphatic rings. The smallest absolute Gasteiger partial charge is 0.230 e. The second-order valence-corrected chi connectivity index (χ2v) is 7.46. The van der Waals surface area contributed by atoms with E-state index in [0.717, 1.165) is 6.42 Å². The Labute approximate surface area is 142 Å². The molecule has 0 bridgehead atoms. The van der Waals surface area contributed by atoms with E-state index in [1.807, 2.05) is 12.1 Å². The second-order valence-electron chi connectivity index (χ2n) is 5.23. The summed E-state index contributed by atoms with van der Waals surface area (Å²) in [6, 6.07) is 4.02. The molecule has 3 rings (SSSR count). The van der Waals surface area contributed by atoms with Crippen molar-refractivity contribution < 1.29 is 9.53 Å². The topological polar surface area (TPSA) is 103 Å². The summed E-state index contributed by atoms with van der Waals surface area (Å²) in [5.74, 6) is 0.551. The van der Waals surface area contributed by atoms with E-state index in [-0.39, 0.29) is 17.9 Å². The third-order valence-corrected chi connectivity index (χ3v) is 5.43. The van der Waals surface area contributed by atoms with Gasteiger partial charge < -0.3 is 15.8 Å². The van der Waals surface area contributed by atoms with Gasteiger partial charge in [-0.05, 0) is 24.1 Å². The minimum Gasteiger partial charge on any atom is -0.379 e. The van der Waals surface area contributed by atoms with Gasteiger partial charge in [-0.3, -0.25) is 9.78 Å². The number of anilines is 1. The lowest BCUT2D eigenvalue weighted by Crippen LogP contribution is -2.41. The highest BCUT2D eigenvalue weighted by Gasteiger charge is 2.29. The normalized spacial score (nSPS) is 20.5. The van der Waals surface area contributed by atoms with Crippen LogP contribution >= 0.6 is 23.1 Å². The molecule has 0 spiro atoms. The minimum atomic E-state index is -0.0287. The van der Waals surface area contributed by atoms with Crippen molar-refractivity contribution in [3.05, 3.63) is 30.1 Å². The largest absolute Gasteiger partial charge is 0.379 e. The molecular formula is C14H17N5O2S2. The van der Waals surface area contributed by atoms with Gasteiger partial charge in [0.25, 0.3) is 0 Å². The van der Waals surface area contributed by atoms with Crippen molar-refractivity contribution in [1.29, 1.82) is 0 Å². The van der Waals surface area contributed by atoms with Crippen molar-refractivity contribution in [2.75, 3.05) is 24.7 Å². The Morgan fingerprint density at radius 1 is 1.39 bits per heavy atom. The fraction of sp³-hybridized carbons (Fsp3) is 0.429. The number of nitrogens with one attached hydrogen (secondary N) is 1. The predicted molar refractivity (Wildman–Crippen MR) is 89.2 cm³/mol. The molecule has 3 N–H and O–H groups in total. The maximum absolute atomic E-state index is 12.1. The Morgan fingerprint density at radius 3 is 2.96 bits per heavy atom.